The molecular formula is C21H26ClN3O5. The van der Waals surface area contributed by atoms with Crippen molar-refractivity contribution in [3.8, 4) is 0 Å². The second kappa shape index (κ2) is 9.04. The Morgan fingerprint density at radius 2 is 1.87 bits per heavy atom. The van der Waals surface area contributed by atoms with Crippen molar-refractivity contribution in [2.45, 2.75) is 57.2 Å². The van der Waals surface area contributed by atoms with Gasteiger partial charge in [-0.05, 0) is 31.4 Å². The molecule has 30 heavy (non-hydrogen) atoms. The second-order valence-electron chi connectivity index (χ2n) is 7.77. The summed E-state index contributed by atoms with van der Waals surface area (Å²) >= 11 is 6.06. The molecule has 1 N–H and O–H groups in total. The van der Waals surface area contributed by atoms with Gasteiger partial charge in [0, 0.05) is 18.6 Å². The number of likely N-dealkylation sites (N-methyl/N-ethyl adjacent to an activating group) is 1. The molecule has 1 unspecified atom stereocenters. The highest BCUT2D eigenvalue weighted by Crippen LogP contribution is 2.39. The van der Waals surface area contributed by atoms with Gasteiger partial charge in [0.1, 0.15) is 12.1 Å². The van der Waals surface area contributed by atoms with E-state index in [-0.39, 0.29) is 12.5 Å². The third-order valence-electron chi connectivity index (χ3n) is 5.86. The average Bonchev–Trinajstić information content (AvgIpc) is 2.89. The molecule has 3 rings (SSSR count). The normalized spacial score (nSPS) is 19.2. The molecule has 162 valence electrons. The van der Waals surface area contributed by atoms with Crippen LogP contribution < -0.4 is 5.32 Å². The van der Waals surface area contributed by atoms with Crippen LogP contribution in [-0.2, 0) is 25.7 Å². The molecule has 9 heteroatoms. The largest absolute Gasteiger partial charge is 0.451 e. The second-order valence-corrected chi connectivity index (χ2v) is 8.17. The quantitative estimate of drug-likeness (QED) is 0.547. The smallest absolute Gasteiger partial charge is 0.327 e. The Hall–Kier alpha value is -2.61. The minimum Gasteiger partial charge on any atom is -0.451 e. The number of benzene rings is 1. The first-order chi connectivity index (χ1) is 14.3. The van der Waals surface area contributed by atoms with E-state index in [4.69, 9.17) is 16.3 Å². The van der Waals surface area contributed by atoms with Gasteiger partial charge in [-0.15, -0.1) is 0 Å². The maximum Gasteiger partial charge on any atom is 0.327 e. The molecule has 1 aromatic rings. The molecule has 0 aromatic heterocycles. The van der Waals surface area contributed by atoms with E-state index in [1.165, 1.54) is 11.8 Å². The molecule has 1 spiro atoms. The van der Waals surface area contributed by atoms with Gasteiger partial charge in [0.2, 0.25) is 0 Å². The molecule has 2 aliphatic rings. The number of esters is 1. The van der Waals surface area contributed by atoms with Crippen molar-refractivity contribution >= 4 is 35.4 Å². The van der Waals surface area contributed by atoms with Crippen molar-refractivity contribution in [2.24, 2.45) is 0 Å². The van der Waals surface area contributed by atoms with Crippen LogP contribution in [0.3, 0.4) is 0 Å². The maximum atomic E-state index is 12.9. The van der Waals surface area contributed by atoms with Crippen molar-refractivity contribution in [1.29, 1.82) is 0 Å². The van der Waals surface area contributed by atoms with Gasteiger partial charge >= 0.3 is 12.0 Å². The number of ether oxygens (including phenoxy) is 1. The van der Waals surface area contributed by atoms with Crippen LogP contribution in [0.5, 0.6) is 0 Å². The number of carbonyl (C=O) groups excluding carboxylic acids is 4. The van der Waals surface area contributed by atoms with E-state index < -0.39 is 36.1 Å². The van der Waals surface area contributed by atoms with Gasteiger partial charge in [0.25, 0.3) is 11.8 Å². The Morgan fingerprint density at radius 3 is 2.53 bits per heavy atom. The Balaban J connectivity index is 1.54. The topological polar surface area (TPSA) is 96.0 Å². The summed E-state index contributed by atoms with van der Waals surface area (Å²) in [5.41, 5.74) is -0.117. The highest BCUT2D eigenvalue weighted by molar-refractivity contribution is 6.31. The standard InChI is InChI=1S/C21H26ClN3O5/c1-14(18(27)23-12-15-8-4-5-9-16(15)22)30-17(26)13-25-19(28)21(24(2)20(25)29)10-6-3-7-11-21/h4-5,8-9,14H,3,6-7,10-13H2,1-2H3,(H,23,27). The molecule has 0 bridgehead atoms. The van der Waals surface area contributed by atoms with Crippen molar-refractivity contribution in [2.75, 3.05) is 13.6 Å². The van der Waals surface area contributed by atoms with Crippen LogP contribution in [-0.4, -0.2) is 58.8 Å². The van der Waals surface area contributed by atoms with Crippen molar-refractivity contribution < 1.29 is 23.9 Å². The first-order valence-electron chi connectivity index (χ1n) is 10.1. The first-order valence-corrected chi connectivity index (χ1v) is 10.4. The third-order valence-corrected chi connectivity index (χ3v) is 6.23. The number of rotatable bonds is 6. The zero-order valence-electron chi connectivity index (χ0n) is 17.2. The average molecular weight is 436 g/mol. The van der Waals surface area contributed by atoms with Crippen LogP contribution >= 0.6 is 11.6 Å². The molecule has 1 aliphatic carbocycles. The molecule has 4 amide bonds. The minimum absolute atomic E-state index is 0.191. The molecular weight excluding hydrogens is 410 g/mol. The summed E-state index contributed by atoms with van der Waals surface area (Å²) < 4.78 is 5.15. The summed E-state index contributed by atoms with van der Waals surface area (Å²) in [6.07, 6.45) is 2.88. The van der Waals surface area contributed by atoms with Crippen LogP contribution in [0.2, 0.25) is 5.02 Å². The van der Waals surface area contributed by atoms with Crippen molar-refractivity contribution in [1.82, 2.24) is 15.1 Å². The highest BCUT2D eigenvalue weighted by Gasteiger charge is 2.56. The molecule has 8 nitrogen and oxygen atoms in total. The summed E-state index contributed by atoms with van der Waals surface area (Å²) in [7, 11) is 1.60. The van der Waals surface area contributed by atoms with Gasteiger partial charge in [0.15, 0.2) is 6.10 Å². The lowest BCUT2D eigenvalue weighted by atomic mass is 9.81. The lowest BCUT2D eigenvalue weighted by molar-refractivity contribution is -0.156. The molecule has 1 aliphatic heterocycles. The van der Waals surface area contributed by atoms with Gasteiger partial charge < -0.3 is 15.0 Å². The Bertz CT molecular complexity index is 853. The predicted molar refractivity (Wildman–Crippen MR) is 110 cm³/mol. The number of nitrogens with one attached hydrogen (secondary N) is 1. The number of carbonyl (C=O) groups is 4. The van der Waals surface area contributed by atoms with Gasteiger partial charge in [0.05, 0.1) is 0 Å². The number of hydrogen-bond acceptors (Lipinski definition) is 5. The molecule has 1 heterocycles. The molecule has 1 atom stereocenters. The Morgan fingerprint density at radius 1 is 1.20 bits per heavy atom. The van der Waals surface area contributed by atoms with E-state index in [0.717, 1.165) is 29.7 Å². The van der Waals surface area contributed by atoms with Crippen LogP contribution in [0.25, 0.3) is 0 Å². The molecule has 1 saturated carbocycles. The summed E-state index contributed by atoms with van der Waals surface area (Å²) in [6.45, 7) is 1.12. The van der Waals surface area contributed by atoms with Gasteiger partial charge in [-0.2, -0.15) is 0 Å². The fourth-order valence-corrected chi connectivity index (χ4v) is 4.26. The van der Waals surface area contributed by atoms with E-state index in [0.29, 0.717) is 17.9 Å². The molecule has 0 radical (unpaired) electrons. The van der Waals surface area contributed by atoms with E-state index in [1.54, 1.807) is 31.3 Å². The summed E-state index contributed by atoms with van der Waals surface area (Å²) in [5.74, 6) is -1.66. The molecule has 2 fully saturated rings. The zero-order valence-corrected chi connectivity index (χ0v) is 17.9. The van der Waals surface area contributed by atoms with Gasteiger partial charge in [-0.3, -0.25) is 19.3 Å². The van der Waals surface area contributed by atoms with Crippen LogP contribution in [0.1, 0.15) is 44.6 Å². The predicted octanol–water partition coefficient (Wildman–Crippen LogP) is 2.48. The van der Waals surface area contributed by atoms with Crippen molar-refractivity contribution in [3.63, 3.8) is 0 Å². The first kappa shape index (κ1) is 22.1. The summed E-state index contributed by atoms with van der Waals surface area (Å²) in [5, 5.41) is 3.18. The minimum atomic E-state index is -1.07. The summed E-state index contributed by atoms with van der Waals surface area (Å²) in [6, 6.07) is 6.58. The van der Waals surface area contributed by atoms with E-state index in [9.17, 15) is 19.2 Å². The van der Waals surface area contributed by atoms with Crippen LogP contribution in [0.4, 0.5) is 4.79 Å². The fourth-order valence-electron chi connectivity index (χ4n) is 4.06. The number of urea groups is 1. The number of hydrogen-bond donors (Lipinski definition) is 1. The zero-order chi connectivity index (χ0) is 21.9. The van der Waals surface area contributed by atoms with Gasteiger partial charge in [-0.1, -0.05) is 49.1 Å². The summed E-state index contributed by atoms with van der Waals surface area (Å²) in [4.78, 5) is 52.4. The lowest BCUT2D eigenvalue weighted by Gasteiger charge is -2.35. The Labute approximate surface area is 180 Å². The van der Waals surface area contributed by atoms with Crippen molar-refractivity contribution in [3.05, 3.63) is 34.9 Å². The van der Waals surface area contributed by atoms with E-state index in [2.05, 4.69) is 5.32 Å². The number of nitrogens with zero attached hydrogens (tertiary/aromatic N) is 2. The lowest BCUT2D eigenvalue weighted by Crippen LogP contribution is -2.49. The number of amides is 4. The Kier molecular flexibility index (Phi) is 6.65. The van der Waals surface area contributed by atoms with Gasteiger partial charge in [-0.25, -0.2) is 4.79 Å². The van der Waals surface area contributed by atoms with E-state index >= 15 is 0 Å². The van der Waals surface area contributed by atoms with E-state index in [1.807, 2.05) is 0 Å². The van der Waals surface area contributed by atoms with Crippen LogP contribution in [0, 0.1) is 0 Å². The number of imide groups is 1. The maximum absolute atomic E-state index is 12.9. The highest BCUT2D eigenvalue weighted by atomic mass is 35.5. The number of halogens is 1. The SMILES string of the molecule is CC(OC(=O)CN1C(=O)N(C)C2(CCCCC2)C1=O)C(=O)NCc1ccccc1Cl. The molecule has 1 saturated heterocycles. The fraction of sp³-hybridized carbons (Fsp3) is 0.524. The van der Waals surface area contributed by atoms with Crippen LogP contribution in [0.15, 0.2) is 24.3 Å². The third kappa shape index (κ3) is 4.28. The molecule has 1 aromatic carbocycles. The monoisotopic (exact) mass is 435 g/mol.